The number of nitrogens with one attached hydrogen (secondary N) is 1. The Morgan fingerprint density at radius 2 is 2.00 bits per heavy atom. The first-order valence-corrected chi connectivity index (χ1v) is 5.53. The molecule has 68 valence electrons. The minimum atomic E-state index is 0.791. The van der Waals surface area contributed by atoms with Crippen molar-refractivity contribution in [2.75, 3.05) is 19.3 Å². The second kappa shape index (κ2) is 6.99. The summed E-state index contributed by atoms with van der Waals surface area (Å²) in [5, 5.41) is 4.03. The van der Waals surface area contributed by atoms with Crippen molar-refractivity contribution in [3.63, 3.8) is 0 Å². The van der Waals surface area contributed by atoms with Crippen molar-refractivity contribution in [2.45, 2.75) is 32.4 Å². The SMILES string of the molecule is CCCSC(CNC)C(C)C. The van der Waals surface area contributed by atoms with E-state index in [2.05, 4.69) is 37.8 Å². The fourth-order valence-corrected chi connectivity index (χ4v) is 2.17. The predicted octanol–water partition coefficient (Wildman–Crippen LogP) is 2.37. The van der Waals surface area contributed by atoms with Gasteiger partial charge in [-0.3, -0.25) is 0 Å². The molecule has 0 aromatic rings. The molecule has 0 aromatic heterocycles. The smallest absolute Gasteiger partial charge is 0.0195 e. The third kappa shape index (κ3) is 5.57. The molecule has 0 radical (unpaired) electrons. The standard InChI is InChI=1S/C9H21NS/c1-5-6-11-9(7-10-4)8(2)3/h8-10H,5-7H2,1-4H3. The largest absolute Gasteiger partial charge is 0.319 e. The minimum Gasteiger partial charge on any atom is -0.319 e. The zero-order chi connectivity index (χ0) is 8.69. The van der Waals surface area contributed by atoms with Gasteiger partial charge >= 0.3 is 0 Å². The summed E-state index contributed by atoms with van der Waals surface area (Å²) in [7, 11) is 2.03. The number of thioether (sulfide) groups is 1. The molecule has 0 fully saturated rings. The topological polar surface area (TPSA) is 12.0 Å². The zero-order valence-electron chi connectivity index (χ0n) is 8.18. The zero-order valence-corrected chi connectivity index (χ0v) is 9.00. The maximum absolute atomic E-state index is 3.24. The van der Waals surface area contributed by atoms with E-state index < -0.39 is 0 Å². The van der Waals surface area contributed by atoms with E-state index in [-0.39, 0.29) is 0 Å². The van der Waals surface area contributed by atoms with Crippen molar-refractivity contribution >= 4 is 11.8 Å². The van der Waals surface area contributed by atoms with Gasteiger partial charge in [-0.15, -0.1) is 0 Å². The summed E-state index contributed by atoms with van der Waals surface area (Å²) in [6.07, 6.45) is 1.29. The van der Waals surface area contributed by atoms with Crippen LogP contribution >= 0.6 is 11.8 Å². The molecule has 0 aliphatic carbocycles. The summed E-state index contributed by atoms with van der Waals surface area (Å²) in [6, 6.07) is 0. The molecule has 0 bridgehead atoms. The third-order valence-corrected chi connectivity index (χ3v) is 3.47. The van der Waals surface area contributed by atoms with E-state index in [1.54, 1.807) is 0 Å². The van der Waals surface area contributed by atoms with E-state index in [1.807, 2.05) is 7.05 Å². The van der Waals surface area contributed by atoms with Crippen LogP contribution in [0.3, 0.4) is 0 Å². The molecule has 11 heavy (non-hydrogen) atoms. The Labute approximate surface area is 75.3 Å². The molecular weight excluding hydrogens is 154 g/mol. The maximum Gasteiger partial charge on any atom is 0.0195 e. The Balaban J connectivity index is 3.51. The predicted molar refractivity (Wildman–Crippen MR) is 55.3 cm³/mol. The maximum atomic E-state index is 3.24. The first-order chi connectivity index (χ1) is 5.22. The highest BCUT2D eigenvalue weighted by Crippen LogP contribution is 2.19. The van der Waals surface area contributed by atoms with Crippen LogP contribution < -0.4 is 5.32 Å². The van der Waals surface area contributed by atoms with Crippen LogP contribution in [0.25, 0.3) is 0 Å². The lowest BCUT2D eigenvalue weighted by Crippen LogP contribution is -2.25. The lowest BCUT2D eigenvalue weighted by Gasteiger charge is -2.19. The van der Waals surface area contributed by atoms with E-state index in [9.17, 15) is 0 Å². The van der Waals surface area contributed by atoms with Crippen LogP contribution in [0.15, 0.2) is 0 Å². The summed E-state index contributed by atoms with van der Waals surface area (Å²) >= 11 is 2.09. The Morgan fingerprint density at radius 3 is 2.36 bits per heavy atom. The molecule has 0 saturated carbocycles. The van der Waals surface area contributed by atoms with Crippen LogP contribution in [0.1, 0.15) is 27.2 Å². The van der Waals surface area contributed by atoms with Gasteiger partial charge in [-0.2, -0.15) is 11.8 Å². The molecule has 2 heteroatoms. The molecule has 1 unspecified atom stereocenters. The van der Waals surface area contributed by atoms with Crippen molar-refractivity contribution in [3.05, 3.63) is 0 Å². The molecule has 0 aromatic carbocycles. The van der Waals surface area contributed by atoms with Crippen LogP contribution in [0.4, 0.5) is 0 Å². The lowest BCUT2D eigenvalue weighted by molar-refractivity contribution is 0.578. The molecule has 0 aliphatic rings. The second-order valence-corrected chi connectivity index (χ2v) is 4.56. The van der Waals surface area contributed by atoms with Crippen molar-refractivity contribution in [2.24, 2.45) is 5.92 Å². The van der Waals surface area contributed by atoms with Crippen LogP contribution in [0.2, 0.25) is 0 Å². The fraction of sp³-hybridized carbons (Fsp3) is 1.00. The van der Waals surface area contributed by atoms with Gasteiger partial charge in [-0.25, -0.2) is 0 Å². The van der Waals surface area contributed by atoms with Gasteiger partial charge in [-0.05, 0) is 25.1 Å². The average molecular weight is 175 g/mol. The van der Waals surface area contributed by atoms with E-state index >= 15 is 0 Å². The summed E-state index contributed by atoms with van der Waals surface area (Å²) < 4.78 is 0. The Bertz CT molecular complexity index is 83.6. The average Bonchev–Trinajstić information content (AvgIpc) is 1.97. The minimum absolute atomic E-state index is 0.791. The Morgan fingerprint density at radius 1 is 1.36 bits per heavy atom. The fourth-order valence-electron chi connectivity index (χ4n) is 0.957. The molecule has 0 heterocycles. The van der Waals surface area contributed by atoms with Crippen LogP contribution in [0, 0.1) is 5.92 Å². The van der Waals surface area contributed by atoms with Gasteiger partial charge in [0.15, 0.2) is 0 Å². The summed E-state index contributed by atoms with van der Waals surface area (Å²) in [6.45, 7) is 7.97. The first-order valence-electron chi connectivity index (χ1n) is 4.48. The van der Waals surface area contributed by atoms with Gasteiger partial charge in [-0.1, -0.05) is 20.8 Å². The monoisotopic (exact) mass is 175 g/mol. The van der Waals surface area contributed by atoms with Gasteiger partial charge in [0.2, 0.25) is 0 Å². The quantitative estimate of drug-likeness (QED) is 0.665. The molecule has 1 atom stereocenters. The summed E-state index contributed by atoms with van der Waals surface area (Å²) in [4.78, 5) is 0. The molecule has 0 rings (SSSR count). The highest BCUT2D eigenvalue weighted by molar-refractivity contribution is 7.99. The van der Waals surface area contributed by atoms with Gasteiger partial charge in [0, 0.05) is 11.8 Å². The third-order valence-electron chi connectivity index (χ3n) is 1.68. The first kappa shape index (κ1) is 11.3. The van der Waals surface area contributed by atoms with Crippen LogP contribution in [-0.2, 0) is 0 Å². The number of hydrogen-bond donors (Lipinski definition) is 1. The van der Waals surface area contributed by atoms with E-state index in [0.717, 1.165) is 17.7 Å². The van der Waals surface area contributed by atoms with Gasteiger partial charge in [0.25, 0.3) is 0 Å². The highest BCUT2D eigenvalue weighted by Gasteiger charge is 2.11. The van der Waals surface area contributed by atoms with Crippen molar-refractivity contribution < 1.29 is 0 Å². The molecule has 0 saturated heterocycles. The van der Waals surface area contributed by atoms with Crippen molar-refractivity contribution in [1.29, 1.82) is 0 Å². The van der Waals surface area contributed by atoms with Gasteiger partial charge in [0.1, 0.15) is 0 Å². The van der Waals surface area contributed by atoms with Gasteiger partial charge < -0.3 is 5.32 Å². The molecule has 1 nitrogen and oxygen atoms in total. The van der Waals surface area contributed by atoms with E-state index in [4.69, 9.17) is 0 Å². The van der Waals surface area contributed by atoms with Crippen LogP contribution in [0.5, 0.6) is 0 Å². The lowest BCUT2D eigenvalue weighted by atomic mass is 10.1. The number of hydrogen-bond acceptors (Lipinski definition) is 2. The molecule has 1 N–H and O–H groups in total. The molecule has 0 spiro atoms. The van der Waals surface area contributed by atoms with Crippen LogP contribution in [-0.4, -0.2) is 24.6 Å². The molecule has 0 aliphatic heterocycles. The van der Waals surface area contributed by atoms with Gasteiger partial charge in [0.05, 0.1) is 0 Å². The number of rotatable bonds is 6. The van der Waals surface area contributed by atoms with Crippen molar-refractivity contribution in [3.8, 4) is 0 Å². The summed E-state index contributed by atoms with van der Waals surface area (Å²) in [5.74, 6) is 2.09. The molecular formula is C9H21NS. The Kier molecular flexibility index (Phi) is 7.18. The molecule has 0 amide bonds. The second-order valence-electron chi connectivity index (χ2n) is 3.21. The summed E-state index contributed by atoms with van der Waals surface area (Å²) in [5.41, 5.74) is 0. The normalized spacial score (nSPS) is 13.9. The highest BCUT2D eigenvalue weighted by atomic mass is 32.2. The van der Waals surface area contributed by atoms with E-state index in [1.165, 1.54) is 12.2 Å². The van der Waals surface area contributed by atoms with Crippen molar-refractivity contribution in [1.82, 2.24) is 5.32 Å². The Hall–Kier alpha value is 0.310. The van der Waals surface area contributed by atoms with E-state index in [0.29, 0.717) is 0 Å².